The first-order valence-electron chi connectivity index (χ1n) is 8.56. The largest absolute Gasteiger partial charge is 0.326 e. The van der Waals surface area contributed by atoms with Gasteiger partial charge in [0.15, 0.2) is 0 Å². The van der Waals surface area contributed by atoms with Crippen LogP contribution in [0, 0.1) is 5.82 Å². The van der Waals surface area contributed by atoms with Crippen molar-refractivity contribution in [3.8, 4) is 0 Å². The van der Waals surface area contributed by atoms with Crippen LogP contribution in [-0.2, 0) is 26.6 Å². The third-order valence-corrected chi connectivity index (χ3v) is 5.17. The molecule has 2 N–H and O–H groups in total. The molecule has 27 heavy (non-hydrogen) atoms. The molecule has 0 bridgehead atoms. The summed E-state index contributed by atoms with van der Waals surface area (Å²) < 4.78 is 16.0. The van der Waals surface area contributed by atoms with Gasteiger partial charge in [0, 0.05) is 53.1 Å². The van der Waals surface area contributed by atoms with Crippen LogP contribution in [0.15, 0.2) is 42.6 Å². The molecule has 2 heterocycles. The van der Waals surface area contributed by atoms with Crippen molar-refractivity contribution in [2.24, 2.45) is 12.8 Å². The average molecular weight is 385 g/mol. The van der Waals surface area contributed by atoms with Crippen molar-refractivity contribution in [2.75, 3.05) is 4.90 Å². The van der Waals surface area contributed by atoms with E-state index < -0.39 is 5.82 Å². The Bertz CT molecular complexity index is 1050. The van der Waals surface area contributed by atoms with E-state index in [1.165, 1.54) is 6.07 Å². The molecule has 0 atom stereocenters. The first kappa shape index (κ1) is 17.7. The topological polar surface area (TPSA) is 64.2 Å². The number of nitrogens with two attached hydrogens (primary N) is 1. The van der Waals surface area contributed by atoms with Gasteiger partial charge in [0.2, 0.25) is 0 Å². The Hall–Kier alpha value is -2.70. The molecule has 7 heteroatoms. The van der Waals surface area contributed by atoms with Crippen LogP contribution < -0.4 is 10.6 Å². The van der Waals surface area contributed by atoms with Crippen LogP contribution in [0.3, 0.4) is 0 Å². The summed E-state index contributed by atoms with van der Waals surface area (Å²) in [5, 5.41) is 4.91. The van der Waals surface area contributed by atoms with E-state index in [4.69, 9.17) is 17.3 Å². The van der Waals surface area contributed by atoms with E-state index in [0.29, 0.717) is 23.6 Å². The molecule has 2 aromatic carbocycles. The van der Waals surface area contributed by atoms with Gasteiger partial charge >= 0.3 is 0 Å². The molecule has 1 aliphatic heterocycles. The highest BCUT2D eigenvalue weighted by molar-refractivity contribution is 6.30. The number of hydrogen-bond donors (Lipinski definition) is 1. The lowest BCUT2D eigenvalue weighted by Gasteiger charge is -2.23. The first-order valence-corrected chi connectivity index (χ1v) is 8.94. The van der Waals surface area contributed by atoms with Crippen LogP contribution >= 0.6 is 11.6 Å². The van der Waals surface area contributed by atoms with E-state index in [1.54, 1.807) is 29.3 Å². The number of carbonyl (C=O) groups excluding carboxylic acids is 1. The third-order valence-electron chi connectivity index (χ3n) is 4.93. The van der Waals surface area contributed by atoms with Crippen molar-refractivity contribution in [1.82, 2.24) is 9.78 Å². The van der Waals surface area contributed by atoms with E-state index in [-0.39, 0.29) is 18.0 Å². The summed E-state index contributed by atoms with van der Waals surface area (Å²) in [4.78, 5) is 14.9. The molecule has 1 aliphatic rings. The van der Waals surface area contributed by atoms with Gasteiger partial charge in [-0.05, 0) is 35.9 Å². The number of hydrogen-bond acceptors (Lipinski definition) is 3. The molecule has 5 nitrogen and oxygen atoms in total. The molecular weight excluding hydrogens is 367 g/mol. The maximum atomic E-state index is 14.2. The summed E-state index contributed by atoms with van der Waals surface area (Å²) in [5.41, 5.74) is 9.85. The number of fused-ring (bicyclic) bond motifs is 2. The van der Waals surface area contributed by atoms with Crippen LogP contribution in [0.2, 0.25) is 5.02 Å². The van der Waals surface area contributed by atoms with Crippen molar-refractivity contribution in [1.29, 1.82) is 0 Å². The molecule has 0 unspecified atom stereocenters. The smallest absolute Gasteiger partial charge is 0.258 e. The number of amides is 1. The van der Waals surface area contributed by atoms with Gasteiger partial charge in [-0.15, -0.1) is 0 Å². The standard InChI is InChI=1S/C20H18ClFN4O/c1-25-19-8-14-6-16(21)4-5-18(14)26(11-15(19)10-24-25)20(27)12-2-3-13(9-23)17(22)7-12/h2-7,10H,8-9,11,23H2,1H3. The Labute approximate surface area is 161 Å². The van der Waals surface area contributed by atoms with Crippen LogP contribution in [0.1, 0.15) is 32.7 Å². The lowest BCUT2D eigenvalue weighted by molar-refractivity contribution is 0.0984. The normalized spacial score (nSPS) is 13.1. The molecule has 4 rings (SSSR count). The molecule has 0 aliphatic carbocycles. The van der Waals surface area contributed by atoms with E-state index in [2.05, 4.69) is 5.10 Å². The van der Waals surface area contributed by atoms with Crippen molar-refractivity contribution in [3.63, 3.8) is 0 Å². The molecule has 3 aromatic rings. The van der Waals surface area contributed by atoms with E-state index in [1.807, 2.05) is 23.9 Å². The van der Waals surface area contributed by atoms with Crippen LogP contribution in [0.25, 0.3) is 0 Å². The molecule has 1 aromatic heterocycles. The lowest BCUT2D eigenvalue weighted by atomic mass is 10.1. The fraction of sp³-hybridized carbons (Fsp3) is 0.200. The highest BCUT2D eigenvalue weighted by Crippen LogP contribution is 2.33. The molecule has 0 radical (unpaired) electrons. The number of benzene rings is 2. The van der Waals surface area contributed by atoms with Gasteiger partial charge < -0.3 is 10.6 Å². The second-order valence-corrected chi connectivity index (χ2v) is 7.03. The van der Waals surface area contributed by atoms with Crippen LogP contribution in [0.4, 0.5) is 10.1 Å². The quantitative estimate of drug-likeness (QED) is 0.736. The predicted molar refractivity (Wildman–Crippen MR) is 102 cm³/mol. The van der Waals surface area contributed by atoms with E-state index >= 15 is 0 Å². The van der Waals surface area contributed by atoms with Gasteiger partial charge in [-0.2, -0.15) is 5.10 Å². The number of halogens is 2. The first-order chi connectivity index (χ1) is 13.0. The van der Waals surface area contributed by atoms with Crippen molar-refractivity contribution in [2.45, 2.75) is 19.5 Å². The summed E-state index contributed by atoms with van der Waals surface area (Å²) in [5.74, 6) is -0.755. The Morgan fingerprint density at radius 1 is 1.26 bits per heavy atom. The Morgan fingerprint density at radius 2 is 2.07 bits per heavy atom. The maximum Gasteiger partial charge on any atom is 0.258 e. The average Bonchev–Trinajstić information content (AvgIpc) is 2.90. The van der Waals surface area contributed by atoms with Gasteiger partial charge in [0.25, 0.3) is 5.91 Å². The summed E-state index contributed by atoms with van der Waals surface area (Å²) >= 11 is 6.18. The summed E-state index contributed by atoms with van der Waals surface area (Å²) in [6, 6.07) is 9.86. The molecule has 0 saturated carbocycles. The minimum Gasteiger partial charge on any atom is -0.326 e. The fourth-order valence-corrected chi connectivity index (χ4v) is 3.64. The number of nitrogens with zero attached hydrogens (tertiary/aromatic N) is 3. The van der Waals surface area contributed by atoms with E-state index in [0.717, 1.165) is 22.5 Å². The molecule has 0 spiro atoms. The minimum absolute atomic E-state index is 0.0877. The summed E-state index contributed by atoms with van der Waals surface area (Å²) in [6.07, 6.45) is 2.38. The molecule has 1 amide bonds. The SMILES string of the molecule is Cn1ncc2c1Cc1cc(Cl)ccc1N(C(=O)c1ccc(CN)c(F)c1)C2. The molecular formula is C20H18ClFN4O. The van der Waals surface area contributed by atoms with Crippen molar-refractivity contribution in [3.05, 3.63) is 81.4 Å². The van der Waals surface area contributed by atoms with Crippen LogP contribution in [-0.4, -0.2) is 15.7 Å². The summed E-state index contributed by atoms with van der Waals surface area (Å²) in [7, 11) is 1.88. The zero-order chi connectivity index (χ0) is 19.1. The highest BCUT2D eigenvalue weighted by Gasteiger charge is 2.27. The van der Waals surface area contributed by atoms with Gasteiger partial charge in [-0.1, -0.05) is 17.7 Å². The molecule has 0 saturated heterocycles. The zero-order valence-electron chi connectivity index (χ0n) is 14.7. The Kier molecular flexibility index (Phi) is 4.45. The number of anilines is 1. The highest BCUT2D eigenvalue weighted by atomic mass is 35.5. The second kappa shape index (κ2) is 6.79. The van der Waals surface area contributed by atoms with Crippen molar-refractivity contribution < 1.29 is 9.18 Å². The number of aryl methyl sites for hydroxylation is 1. The summed E-state index contributed by atoms with van der Waals surface area (Å²) in [6.45, 7) is 0.446. The lowest BCUT2D eigenvalue weighted by Crippen LogP contribution is -2.30. The number of carbonyl (C=O) groups is 1. The fourth-order valence-electron chi connectivity index (χ4n) is 3.45. The van der Waals surface area contributed by atoms with Gasteiger partial charge in [-0.25, -0.2) is 4.39 Å². The van der Waals surface area contributed by atoms with Gasteiger partial charge in [-0.3, -0.25) is 9.48 Å². The monoisotopic (exact) mass is 384 g/mol. The molecule has 138 valence electrons. The Balaban J connectivity index is 1.81. The maximum absolute atomic E-state index is 14.2. The number of aromatic nitrogens is 2. The Morgan fingerprint density at radius 3 is 2.81 bits per heavy atom. The van der Waals surface area contributed by atoms with Gasteiger partial charge in [0.05, 0.1) is 12.7 Å². The zero-order valence-corrected chi connectivity index (χ0v) is 15.5. The third kappa shape index (κ3) is 3.11. The predicted octanol–water partition coefficient (Wildman–Crippen LogP) is 3.42. The minimum atomic E-state index is -0.475. The van der Waals surface area contributed by atoms with Gasteiger partial charge in [0.1, 0.15) is 5.82 Å². The molecule has 0 fully saturated rings. The second-order valence-electron chi connectivity index (χ2n) is 6.59. The van der Waals surface area contributed by atoms with Crippen LogP contribution in [0.5, 0.6) is 0 Å². The van der Waals surface area contributed by atoms with E-state index in [9.17, 15) is 9.18 Å². The van der Waals surface area contributed by atoms with Crippen molar-refractivity contribution >= 4 is 23.2 Å². The number of rotatable bonds is 2.